The van der Waals surface area contributed by atoms with Crippen LogP contribution in [-0.2, 0) is 4.79 Å². The zero-order valence-electron chi connectivity index (χ0n) is 12.6. The summed E-state index contributed by atoms with van der Waals surface area (Å²) < 4.78 is 0. The minimum atomic E-state index is -0.892. The van der Waals surface area contributed by atoms with Gasteiger partial charge in [0, 0.05) is 18.3 Å². The monoisotopic (exact) mass is 300 g/mol. The van der Waals surface area contributed by atoms with E-state index in [1.807, 2.05) is 20.8 Å². The molecule has 0 spiro atoms. The Bertz CT molecular complexity index is 409. The molecule has 0 bridgehead atoms. The van der Waals surface area contributed by atoms with Crippen molar-refractivity contribution in [2.75, 3.05) is 12.8 Å². The van der Waals surface area contributed by atoms with Gasteiger partial charge in [0.15, 0.2) is 0 Å². The van der Waals surface area contributed by atoms with Gasteiger partial charge in [0.2, 0.25) is 0 Å². The highest BCUT2D eigenvalue weighted by Crippen LogP contribution is 2.46. The summed E-state index contributed by atoms with van der Waals surface area (Å²) in [6.07, 6.45) is 3.05. The first kappa shape index (κ1) is 15.5. The third-order valence-corrected chi connectivity index (χ3v) is 6.09. The van der Waals surface area contributed by atoms with Crippen LogP contribution < -0.4 is 0 Å². The van der Waals surface area contributed by atoms with Gasteiger partial charge in [-0.2, -0.15) is 0 Å². The number of urea groups is 1. The van der Waals surface area contributed by atoms with Gasteiger partial charge in [-0.15, -0.1) is 11.8 Å². The fraction of sp³-hybridized carbons (Fsp3) is 0.857. The highest BCUT2D eigenvalue weighted by Gasteiger charge is 2.49. The first-order valence-electron chi connectivity index (χ1n) is 7.20. The van der Waals surface area contributed by atoms with E-state index in [2.05, 4.69) is 0 Å². The van der Waals surface area contributed by atoms with Gasteiger partial charge in [0.25, 0.3) is 0 Å². The van der Waals surface area contributed by atoms with Crippen molar-refractivity contribution in [2.24, 2.45) is 5.92 Å². The van der Waals surface area contributed by atoms with Crippen LogP contribution in [-0.4, -0.2) is 56.7 Å². The zero-order valence-corrected chi connectivity index (χ0v) is 13.4. The Kier molecular flexibility index (Phi) is 4.23. The van der Waals surface area contributed by atoms with Crippen LogP contribution in [0, 0.1) is 5.92 Å². The summed E-state index contributed by atoms with van der Waals surface area (Å²) >= 11 is 1.62. The normalized spacial score (nSPS) is 26.7. The van der Waals surface area contributed by atoms with Gasteiger partial charge in [0.1, 0.15) is 6.04 Å². The molecule has 2 rings (SSSR count). The van der Waals surface area contributed by atoms with Crippen molar-refractivity contribution in [3.8, 4) is 0 Å². The van der Waals surface area contributed by atoms with Crippen molar-refractivity contribution in [1.82, 2.24) is 9.80 Å². The van der Waals surface area contributed by atoms with Gasteiger partial charge >= 0.3 is 12.0 Å². The van der Waals surface area contributed by atoms with Crippen LogP contribution in [0.3, 0.4) is 0 Å². The summed E-state index contributed by atoms with van der Waals surface area (Å²) in [5.74, 6) is 0.0889. The maximum atomic E-state index is 12.8. The van der Waals surface area contributed by atoms with Crippen molar-refractivity contribution in [1.29, 1.82) is 0 Å². The highest BCUT2D eigenvalue weighted by atomic mass is 32.2. The number of hydrogen-bond acceptors (Lipinski definition) is 3. The quantitative estimate of drug-likeness (QED) is 0.866. The van der Waals surface area contributed by atoms with Crippen LogP contribution in [0.15, 0.2) is 0 Å². The lowest BCUT2D eigenvalue weighted by Crippen LogP contribution is -2.56. The molecule has 20 heavy (non-hydrogen) atoms. The molecule has 1 aliphatic heterocycles. The van der Waals surface area contributed by atoms with Crippen LogP contribution in [0.2, 0.25) is 0 Å². The molecule has 0 radical (unpaired) electrons. The van der Waals surface area contributed by atoms with Gasteiger partial charge < -0.3 is 10.0 Å². The molecule has 0 aromatic heterocycles. The third-order valence-electron chi connectivity index (χ3n) is 4.63. The molecule has 2 atom stereocenters. The number of amides is 2. The maximum absolute atomic E-state index is 12.8. The second-order valence-electron chi connectivity index (χ2n) is 6.33. The van der Waals surface area contributed by atoms with Crippen LogP contribution >= 0.6 is 11.8 Å². The number of carboxylic acids is 1. The van der Waals surface area contributed by atoms with Crippen molar-refractivity contribution in [3.63, 3.8) is 0 Å². The second kappa shape index (κ2) is 5.47. The number of carbonyl (C=O) groups excluding carboxylic acids is 1. The molecule has 114 valence electrons. The Morgan fingerprint density at radius 2 is 2.00 bits per heavy atom. The number of aliphatic carboxylic acids is 1. The molecule has 2 aliphatic rings. The summed E-state index contributed by atoms with van der Waals surface area (Å²) in [5.41, 5.74) is -0.262. The molecule has 5 nitrogen and oxygen atoms in total. The smallest absolute Gasteiger partial charge is 0.327 e. The average molecular weight is 300 g/mol. The van der Waals surface area contributed by atoms with E-state index in [1.165, 1.54) is 0 Å². The van der Waals surface area contributed by atoms with Gasteiger partial charge in [-0.3, -0.25) is 4.90 Å². The van der Waals surface area contributed by atoms with Crippen molar-refractivity contribution >= 4 is 23.8 Å². The molecule has 1 saturated carbocycles. The Labute approximate surface area is 124 Å². The number of hydrogen-bond donors (Lipinski definition) is 1. The lowest BCUT2D eigenvalue weighted by molar-refractivity contribution is -0.141. The molecule has 2 unspecified atom stereocenters. The van der Waals surface area contributed by atoms with Crippen molar-refractivity contribution in [3.05, 3.63) is 0 Å². The fourth-order valence-corrected chi connectivity index (χ4v) is 4.00. The van der Waals surface area contributed by atoms with Gasteiger partial charge in [-0.1, -0.05) is 6.92 Å². The first-order valence-corrected chi connectivity index (χ1v) is 8.25. The first-order chi connectivity index (χ1) is 9.29. The molecule has 0 aromatic carbocycles. The molecule has 6 heteroatoms. The molecule has 1 saturated heterocycles. The van der Waals surface area contributed by atoms with Gasteiger partial charge in [-0.25, -0.2) is 9.59 Å². The van der Waals surface area contributed by atoms with Gasteiger partial charge in [-0.05, 0) is 39.0 Å². The van der Waals surface area contributed by atoms with E-state index in [9.17, 15) is 14.7 Å². The van der Waals surface area contributed by atoms with Crippen molar-refractivity contribution < 1.29 is 14.7 Å². The predicted octanol–water partition coefficient (Wildman–Crippen LogP) is 2.46. The predicted molar refractivity (Wildman–Crippen MR) is 79.8 cm³/mol. The Hall–Kier alpha value is -0.910. The highest BCUT2D eigenvalue weighted by molar-refractivity contribution is 8.00. The standard InChI is InChI=1S/C14H24N2O3S/c1-5-14(2,3)15(4)13(19)16-10(12(17)18)8-20-11(16)9-6-7-9/h9-11H,5-8H2,1-4H3,(H,17,18). The largest absolute Gasteiger partial charge is 0.480 e. The topological polar surface area (TPSA) is 60.9 Å². The van der Waals surface area contributed by atoms with E-state index >= 15 is 0 Å². The Balaban J connectivity index is 2.20. The Morgan fingerprint density at radius 3 is 2.45 bits per heavy atom. The molecule has 0 aromatic rings. The Morgan fingerprint density at radius 1 is 1.40 bits per heavy atom. The van der Waals surface area contributed by atoms with Crippen LogP contribution in [0.25, 0.3) is 0 Å². The van der Waals surface area contributed by atoms with E-state index < -0.39 is 12.0 Å². The summed E-state index contributed by atoms with van der Waals surface area (Å²) in [5, 5.41) is 9.41. The van der Waals surface area contributed by atoms with E-state index in [-0.39, 0.29) is 16.9 Å². The summed E-state index contributed by atoms with van der Waals surface area (Å²) in [7, 11) is 1.78. The van der Waals surface area contributed by atoms with Crippen LogP contribution in [0.4, 0.5) is 4.79 Å². The molecule has 1 aliphatic carbocycles. The molecule has 1 N–H and O–H groups in total. The molecule has 2 fully saturated rings. The molecule has 1 heterocycles. The zero-order chi connectivity index (χ0) is 15.1. The summed E-state index contributed by atoms with van der Waals surface area (Å²) in [4.78, 5) is 27.5. The number of carbonyl (C=O) groups is 2. The number of carboxylic acid groups (broad SMARTS) is 1. The maximum Gasteiger partial charge on any atom is 0.327 e. The van der Waals surface area contributed by atoms with E-state index in [1.54, 1.807) is 28.6 Å². The van der Waals surface area contributed by atoms with Crippen molar-refractivity contribution in [2.45, 2.75) is 57.0 Å². The molecular formula is C14H24N2O3S. The van der Waals surface area contributed by atoms with Crippen LogP contribution in [0.1, 0.15) is 40.0 Å². The minimum absolute atomic E-state index is 0.0405. The van der Waals surface area contributed by atoms with E-state index in [0.717, 1.165) is 19.3 Å². The number of thioether (sulfide) groups is 1. The second-order valence-corrected chi connectivity index (χ2v) is 7.48. The van der Waals surface area contributed by atoms with E-state index in [0.29, 0.717) is 11.7 Å². The number of nitrogens with zero attached hydrogens (tertiary/aromatic N) is 2. The lowest BCUT2D eigenvalue weighted by atomic mass is 10.0. The third kappa shape index (κ3) is 2.75. The average Bonchev–Trinajstić information content (AvgIpc) is 3.15. The minimum Gasteiger partial charge on any atom is -0.480 e. The van der Waals surface area contributed by atoms with E-state index in [4.69, 9.17) is 0 Å². The van der Waals surface area contributed by atoms with Crippen LogP contribution in [0.5, 0.6) is 0 Å². The van der Waals surface area contributed by atoms with Gasteiger partial charge in [0.05, 0.1) is 5.37 Å². The molecular weight excluding hydrogens is 276 g/mol. The fourth-order valence-electron chi connectivity index (χ4n) is 2.37. The summed E-state index contributed by atoms with van der Waals surface area (Å²) in [6, 6.07) is -0.834. The SMILES string of the molecule is CCC(C)(C)N(C)C(=O)N1C(C(=O)O)CSC1C1CC1. The number of rotatable bonds is 4. The summed E-state index contributed by atoms with van der Waals surface area (Å²) in [6.45, 7) is 6.06. The molecule has 2 amide bonds. The lowest BCUT2D eigenvalue weighted by Gasteiger charge is -2.40.